The molecule has 1 aromatic rings. The maximum atomic E-state index is 13.2. The molecule has 2 nitrogen and oxygen atoms in total. The molecular weight excluding hydrogens is 293 g/mol. The second kappa shape index (κ2) is 5.50. The second-order valence-corrected chi connectivity index (χ2v) is 4.09. The second-order valence-electron chi connectivity index (χ2n) is 4.09. The summed E-state index contributed by atoms with van der Waals surface area (Å²) in [5.41, 5.74) is 4.92. The molecule has 0 saturated heterocycles. The fourth-order valence-electron chi connectivity index (χ4n) is 1.80. The van der Waals surface area contributed by atoms with E-state index in [0.29, 0.717) is 0 Å². The lowest BCUT2D eigenvalue weighted by Gasteiger charge is -2.28. The van der Waals surface area contributed by atoms with E-state index in [1.807, 2.05) is 0 Å². The molecule has 0 radical (unpaired) electrons. The van der Waals surface area contributed by atoms with Gasteiger partial charge in [-0.3, -0.25) is 0 Å². The van der Waals surface area contributed by atoms with Gasteiger partial charge in [0.25, 0.3) is 0 Å². The molecule has 3 N–H and O–H groups in total. The molecule has 0 heterocycles. The Kier molecular flexibility index (Phi) is 5.19. The van der Waals surface area contributed by atoms with Crippen molar-refractivity contribution in [1.82, 2.24) is 0 Å². The van der Waals surface area contributed by atoms with Crippen LogP contribution in [0.4, 0.5) is 22.0 Å². The van der Waals surface area contributed by atoms with Crippen molar-refractivity contribution in [2.45, 2.75) is 32.0 Å². The molecule has 0 aliphatic rings. The zero-order valence-corrected chi connectivity index (χ0v) is 10.9. The molecule has 0 aliphatic carbocycles. The zero-order valence-electron chi connectivity index (χ0n) is 10.1. The highest BCUT2D eigenvalue weighted by molar-refractivity contribution is 5.85. The first-order valence-corrected chi connectivity index (χ1v) is 4.98. The molecule has 0 spiro atoms. The summed E-state index contributed by atoms with van der Waals surface area (Å²) >= 11 is 0. The predicted octanol–water partition coefficient (Wildman–Crippen LogP) is 3.63. The number of hydrogen-bond donors (Lipinski definition) is 2. The van der Waals surface area contributed by atoms with E-state index in [9.17, 15) is 27.1 Å². The lowest BCUT2D eigenvalue weighted by molar-refractivity contribution is -0.291. The lowest BCUT2D eigenvalue weighted by Crippen LogP contribution is -2.46. The molecule has 1 aromatic carbocycles. The van der Waals surface area contributed by atoms with E-state index >= 15 is 0 Å². The van der Waals surface area contributed by atoms with Crippen molar-refractivity contribution in [1.29, 1.82) is 0 Å². The number of rotatable bonds is 2. The van der Waals surface area contributed by atoms with Gasteiger partial charge in [-0.2, -0.15) is 22.0 Å². The number of phenolic OH excluding ortho intramolecular Hbond substituents is 1. The number of hydrogen-bond acceptors (Lipinski definition) is 2. The van der Waals surface area contributed by atoms with Crippen LogP contribution in [0.15, 0.2) is 12.1 Å². The van der Waals surface area contributed by atoms with Gasteiger partial charge in [0.1, 0.15) is 11.8 Å². The maximum absolute atomic E-state index is 13.2. The first-order valence-electron chi connectivity index (χ1n) is 4.98. The molecule has 0 saturated carbocycles. The van der Waals surface area contributed by atoms with Crippen LogP contribution in [0, 0.1) is 13.8 Å². The Bertz CT molecular complexity index is 438. The summed E-state index contributed by atoms with van der Waals surface area (Å²) in [6, 6.07) is -0.318. The van der Waals surface area contributed by atoms with Crippen LogP contribution in [-0.2, 0) is 0 Å². The molecule has 0 aliphatic heterocycles. The van der Waals surface area contributed by atoms with Crippen molar-refractivity contribution >= 4 is 12.4 Å². The van der Waals surface area contributed by atoms with Crippen LogP contribution in [-0.4, -0.2) is 17.2 Å². The van der Waals surface area contributed by atoms with Crippen molar-refractivity contribution in [2.75, 3.05) is 0 Å². The fraction of sp³-hybridized carbons (Fsp3) is 0.455. The van der Waals surface area contributed by atoms with Crippen molar-refractivity contribution in [3.8, 4) is 5.75 Å². The smallest absolute Gasteiger partial charge is 0.455 e. The van der Waals surface area contributed by atoms with E-state index in [1.54, 1.807) is 0 Å². The van der Waals surface area contributed by atoms with Crippen LogP contribution in [0.2, 0.25) is 0 Å². The quantitative estimate of drug-likeness (QED) is 0.820. The molecule has 1 rings (SSSR count). The average Bonchev–Trinajstić information content (AvgIpc) is 2.13. The summed E-state index contributed by atoms with van der Waals surface area (Å²) in [5.74, 6) is -5.24. The highest BCUT2D eigenvalue weighted by atomic mass is 35.5. The molecule has 0 aromatic heterocycles. The standard InChI is InChI=1S/C11H12F5NO.ClH/c1-5-3-7(18)4-6(2)8(5)9(17)10(12,13)11(14,15)16;/h3-4,9,18H,17H2,1-2H3;1H/t9-;/m1./s1. The van der Waals surface area contributed by atoms with Gasteiger partial charge in [-0.15, -0.1) is 12.4 Å². The van der Waals surface area contributed by atoms with Gasteiger partial charge in [-0.05, 0) is 42.7 Å². The van der Waals surface area contributed by atoms with Gasteiger partial charge in [-0.1, -0.05) is 0 Å². The molecule has 0 bridgehead atoms. The number of alkyl halides is 5. The number of phenols is 1. The first kappa shape index (κ1) is 17.9. The molecule has 19 heavy (non-hydrogen) atoms. The van der Waals surface area contributed by atoms with Gasteiger partial charge in [-0.25, -0.2) is 0 Å². The molecule has 0 fully saturated rings. The van der Waals surface area contributed by atoms with Crippen molar-refractivity contribution in [3.63, 3.8) is 0 Å². The summed E-state index contributed by atoms with van der Waals surface area (Å²) in [7, 11) is 0. The number of benzene rings is 1. The van der Waals surface area contributed by atoms with Crippen LogP contribution >= 0.6 is 12.4 Å². The van der Waals surface area contributed by atoms with Gasteiger partial charge < -0.3 is 10.8 Å². The minimum absolute atomic E-state index is 0. The fourth-order valence-corrected chi connectivity index (χ4v) is 1.80. The molecule has 0 unspecified atom stereocenters. The van der Waals surface area contributed by atoms with Gasteiger partial charge >= 0.3 is 12.1 Å². The SMILES string of the molecule is Cc1cc(O)cc(C)c1[C@@H](N)C(F)(F)C(F)(F)F.Cl. The minimum atomic E-state index is -5.72. The predicted molar refractivity (Wildman–Crippen MR) is 62.8 cm³/mol. The van der Waals surface area contributed by atoms with E-state index in [2.05, 4.69) is 0 Å². The van der Waals surface area contributed by atoms with E-state index < -0.39 is 18.1 Å². The third-order valence-corrected chi connectivity index (χ3v) is 2.66. The molecule has 0 amide bonds. The number of aryl methyl sites for hydroxylation is 2. The third-order valence-electron chi connectivity index (χ3n) is 2.66. The van der Waals surface area contributed by atoms with Crippen molar-refractivity contribution < 1.29 is 27.1 Å². The first-order chi connectivity index (χ1) is 7.98. The van der Waals surface area contributed by atoms with Crippen LogP contribution < -0.4 is 5.73 Å². The zero-order chi connectivity index (χ0) is 14.3. The van der Waals surface area contributed by atoms with Crippen LogP contribution in [0.3, 0.4) is 0 Å². The van der Waals surface area contributed by atoms with Crippen LogP contribution in [0.5, 0.6) is 5.75 Å². The topological polar surface area (TPSA) is 46.2 Å². The normalized spacial score (nSPS) is 13.9. The summed E-state index contributed by atoms with van der Waals surface area (Å²) in [6.45, 7) is 2.63. The largest absolute Gasteiger partial charge is 0.508 e. The Labute approximate surface area is 112 Å². The molecule has 110 valence electrons. The lowest BCUT2D eigenvalue weighted by atomic mass is 9.92. The number of halogens is 6. The highest BCUT2D eigenvalue weighted by Gasteiger charge is 2.62. The number of aromatic hydroxyl groups is 1. The van der Waals surface area contributed by atoms with Crippen molar-refractivity contribution in [2.24, 2.45) is 5.73 Å². The highest BCUT2D eigenvalue weighted by Crippen LogP contribution is 2.44. The van der Waals surface area contributed by atoms with Gasteiger partial charge in [0.15, 0.2) is 0 Å². The van der Waals surface area contributed by atoms with Gasteiger partial charge in [0, 0.05) is 0 Å². The summed E-state index contributed by atoms with van der Waals surface area (Å²) in [5, 5.41) is 9.21. The Morgan fingerprint density at radius 2 is 1.42 bits per heavy atom. The Morgan fingerprint density at radius 1 is 1.05 bits per heavy atom. The Balaban J connectivity index is 0.00000324. The van der Waals surface area contributed by atoms with E-state index in [-0.39, 0.29) is 34.8 Å². The van der Waals surface area contributed by atoms with Crippen molar-refractivity contribution in [3.05, 3.63) is 28.8 Å². The minimum Gasteiger partial charge on any atom is -0.508 e. The van der Waals surface area contributed by atoms with E-state index in [4.69, 9.17) is 5.73 Å². The summed E-state index contributed by atoms with van der Waals surface area (Å²) < 4.78 is 63.0. The molecule has 1 atom stereocenters. The Morgan fingerprint density at radius 3 is 1.74 bits per heavy atom. The molecular formula is C11H13ClF5NO. The van der Waals surface area contributed by atoms with Crippen LogP contribution in [0.25, 0.3) is 0 Å². The monoisotopic (exact) mass is 305 g/mol. The Hall–Kier alpha value is -1.08. The molecule has 8 heteroatoms. The van der Waals surface area contributed by atoms with Crippen LogP contribution in [0.1, 0.15) is 22.7 Å². The number of nitrogens with two attached hydrogens (primary N) is 1. The average molecular weight is 306 g/mol. The van der Waals surface area contributed by atoms with E-state index in [1.165, 1.54) is 13.8 Å². The van der Waals surface area contributed by atoms with Gasteiger partial charge in [0.2, 0.25) is 0 Å². The maximum Gasteiger partial charge on any atom is 0.455 e. The van der Waals surface area contributed by atoms with E-state index in [0.717, 1.165) is 12.1 Å². The van der Waals surface area contributed by atoms with Gasteiger partial charge in [0.05, 0.1) is 0 Å². The summed E-state index contributed by atoms with van der Waals surface area (Å²) in [6.07, 6.45) is -5.72. The summed E-state index contributed by atoms with van der Waals surface area (Å²) in [4.78, 5) is 0. The third kappa shape index (κ3) is 3.27.